The molecule has 0 radical (unpaired) electrons. The van der Waals surface area contributed by atoms with E-state index in [0.29, 0.717) is 18.0 Å². The molecule has 1 aromatic carbocycles. The molecule has 2 fully saturated rings. The number of amides is 1. The number of benzene rings is 1. The average Bonchev–Trinajstić information content (AvgIpc) is 3.17. The van der Waals surface area contributed by atoms with Crippen molar-refractivity contribution in [2.45, 2.75) is 38.1 Å². The molecule has 0 aliphatic carbocycles. The van der Waals surface area contributed by atoms with Gasteiger partial charge in [-0.1, -0.05) is 6.07 Å². The standard InChI is InChI=1S/C24H22F3N5O2/c1-14-2-3-17(30-23(33)21-9-16(11-29-31-21)24(25,26)27)10-20(14)15-6-7-28-22(8-15)32-12-18-4-5-19(13-32)34-18/h2-3,6-11,18-19H,4-5,12-13H2,1H3,(H,30,33). The molecule has 3 aromatic rings. The average molecular weight is 469 g/mol. The van der Waals surface area contributed by atoms with Crippen molar-refractivity contribution in [2.75, 3.05) is 23.3 Å². The van der Waals surface area contributed by atoms with Crippen molar-refractivity contribution < 1.29 is 22.7 Å². The Hall–Kier alpha value is -3.53. The summed E-state index contributed by atoms with van der Waals surface area (Å²) in [7, 11) is 0. The molecule has 1 N–H and O–H groups in total. The lowest BCUT2D eigenvalue weighted by atomic mass is 10.0. The van der Waals surface area contributed by atoms with E-state index in [0.717, 1.165) is 48.4 Å². The zero-order chi connectivity index (χ0) is 23.9. The fourth-order valence-electron chi connectivity index (χ4n) is 4.40. The Morgan fingerprint density at radius 1 is 1.12 bits per heavy atom. The van der Waals surface area contributed by atoms with Crippen LogP contribution in [0.4, 0.5) is 24.7 Å². The van der Waals surface area contributed by atoms with E-state index in [4.69, 9.17) is 4.74 Å². The van der Waals surface area contributed by atoms with Crippen molar-refractivity contribution in [3.63, 3.8) is 0 Å². The van der Waals surface area contributed by atoms with Crippen molar-refractivity contribution >= 4 is 17.4 Å². The quantitative estimate of drug-likeness (QED) is 0.607. The van der Waals surface area contributed by atoms with Gasteiger partial charge in [-0.15, -0.1) is 5.10 Å². The summed E-state index contributed by atoms with van der Waals surface area (Å²) in [6.45, 7) is 3.56. The normalized spacial score (nSPS) is 19.8. The van der Waals surface area contributed by atoms with E-state index in [9.17, 15) is 18.0 Å². The summed E-state index contributed by atoms with van der Waals surface area (Å²) in [6.07, 6.45) is 0.343. The van der Waals surface area contributed by atoms with E-state index in [-0.39, 0.29) is 12.2 Å². The number of ether oxygens (including phenoxy) is 1. The third-order valence-corrected chi connectivity index (χ3v) is 6.13. The van der Waals surface area contributed by atoms with Crippen LogP contribution in [0, 0.1) is 6.92 Å². The Labute approximate surface area is 194 Å². The fraction of sp³-hybridized carbons (Fsp3) is 0.333. The molecule has 0 saturated carbocycles. The van der Waals surface area contributed by atoms with Crippen LogP contribution in [-0.2, 0) is 10.9 Å². The lowest BCUT2D eigenvalue weighted by Crippen LogP contribution is -2.43. The van der Waals surface area contributed by atoms with Crippen LogP contribution in [0.1, 0.15) is 34.5 Å². The van der Waals surface area contributed by atoms with E-state index in [1.807, 2.05) is 25.1 Å². The highest BCUT2D eigenvalue weighted by molar-refractivity contribution is 6.03. The first-order valence-electron chi connectivity index (χ1n) is 10.9. The Morgan fingerprint density at radius 3 is 2.62 bits per heavy atom. The minimum Gasteiger partial charge on any atom is -0.371 e. The van der Waals surface area contributed by atoms with Crippen molar-refractivity contribution in [1.29, 1.82) is 0 Å². The molecule has 2 saturated heterocycles. The molecular formula is C24H22F3N5O2. The number of carbonyl (C=O) groups is 1. The second kappa shape index (κ2) is 8.68. The number of anilines is 2. The first-order valence-corrected chi connectivity index (χ1v) is 10.9. The molecule has 4 heterocycles. The van der Waals surface area contributed by atoms with Gasteiger partial charge in [-0.05, 0) is 66.8 Å². The van der Waals surface area contributed by atoms with Gasteiger partial charge in [0, 0.05) is 25.0 Å². The summed E-state index contributed by atoms with van der Waals surface area (Å²) in [5, 5.41) is 9.47. The largest absolute Gasteiger partial charge is 0.418 e. The van der Waals surface area contributed by atoms with Crippen LogP contribution in [0.2, 0.25) is 0 Å². The lowest BCUT2D eigenvalue weighted by molar-refractivity contribution is -0.137. The molecule has 2 aromatic heterocycles. The van der Waals surface area contributed by atoms with E-state index < -0.39 is 23.3 Å². The molecule has 10 heteroatoms. The Morgan fingerprint density at radius 2 is 1.88 bits per heavy atom. The Bertz CT molecular complexity index is 1220. The highest BCUT2D eigenvalue weighted by Crippen LogP contribution is 2.33. The molecule has 2 aliphatic heterocycles. The van der Waals surface area contributed by atoms with Gasteiger partial charge in [-0.25, -0.2) is 4.98 Å². The smallest absolute Gasteiger partial charge is 0.371 e. The maximum absolute atomic E-state index is 12.9. The second-order valence-corrected chi connectivity index (χ2v) is 8.58. The molecular weight excluding hydrogens is 447 g/mol. The van der Waals surface area contributed by atoms with Gasteiger partial charge in [0.25, 0.3) is 5.91 Å². The van der Waals surface area contributed by atoms with Crippen molar-refractivity contribution in [2.24, 2.45) is 0 Å². The maximum atomic E-state index is 12.9. The van der Waals surface area contributed by atoms with Crippen LogP contribution < -0.4 is 10.2 Å². The topological polar surface area (TPSA) is 80.2 Å². The number of carbonyl (C=O) groups excluding carboxylic acids is 1. The summed E-state index contributed by atoms with van der Waals surface area (Å²) in [4.78, 5) is 19.3. The summed E-state index contributed by atoms with van der Waals surface area (Å²) in [5.74, 6) is 0.0957. The van der Waals surface area contributed by atoms with Gasteiger partial charge in [0.05, 0.1) is 24.0 Å². The van der Waals surface area contributed by atoms with E-state index in [1.165, 1.54) is 0 Å². The molecule has 5 rings (SSSR count). The summed E-state index contributed by atoms with van der Waals surface area (Å²) in [6, 6.07) is 9.91. The molecule has 2 bridgehead atoms. The van der Waals surface area contributed by atoms with Gasteiger partial charge in [0.2, 0.25) is 0 Å². The number of nitrogens with zero attached hydrogens (tertiary/aromatic N) is 4. The minimum atomic E-state index is -4.61. The summed E-state index contributed by atoms with van der Waals surface area (Å²) in [5.41, 5.74) is 1.79. The highest BCUT2D eigenvalue weighted by Gasteiger charge is 2.34. The van der Waals surface area contributed by atoms with Crippen molar-refractivity contribution in [3.8, 4) is 11.1 Å². The van der Waals surface area contributed by atoms with E-state index in [1.54, 1.807) is 18.3 Å². The molecule has 2 atom stereocenters. The predicted molar refractivity (Wildman–Crippen MR) is 120 cm³/mol. The van der Waals surface area contributed by atoms with Gasteiger partial charge in [-0.2, -0.15) is 18.3 Å². The number of rotatable bonds is 4. The first kappa shape index (κ1) is 22.3. The molecule has 34 heavy (non-hydrogen) atoms. The van der Waals surface area contributed by atoms with Gasteiger partial charge in [0.1, 0.15) is 5.82 Å². The predicted octanol–water partition coefficient (Wildman–Crippen LogP) is 4.49. The maximum Gasteiger partial charge on any atom is 0.418 e. The number of aryl methyl sites for hydroxylation is 1. The van der Waals surface area contributed by atoms with Crippen molar-refractivity contribution in [1.82, 2.24) is 15.2 Å². The number of aromatic nitrogens is 3. The number of morpholine rings is 1. The van der Waals surface area contributed by atoms with Gasteiger partial charge in [0.15, 0.2) is 5.69 Å². The Balaban J connectivity index is 1.38. The van der Waals surface area contributed by atoms with Gasteiger partial charge < -0.3 is 15.0 Å². The third-order valence-electron chi connectivity index (χ3n) is 6.13. The van der Waals surface area contributed by atoms with E-state index >= 15 is 0 Å². The van der Waals surface area contributed by atoms with Gasteiger partial charge >= 0.3 is 6.18 Å². The summed E-state index contributed by atoms with van der Waals surface area (Å²) >= 11 is 0. The van der Waals surface area contributed by atoms with Crippen LogP contribution in [0.3, 0.4) is 0 Å². The van der Waals surface area contributed by atoms with Gasteiger partial charge in [-0.3, -0.25) is 4.79 Å². The molecule has 2 aliphatic rings. The fourth-order valence-corrected chi connectivity index (χ4v) is 4.40. The highest BCUT2D eigenvalue weighted by atomic mass is 19.4. The molecule has 2 unspecified atom stereocenters. The van der Waals surface area contributed by atoms with Crippen LogP contribution in [0.25, 0.3) is 11.1 Å². The van der Waals surface area contributed by atoms with Crippen molar-refractivity contribution in [3.05, 3.63) is 65.6 Å². The van der Waals surface area contributed by atoms with Crippen LogP contribution in [-0.4, -0.2) is 46.4 Å². The number of halogens is 3. The number of nitrogens with one attached hydrogen (secondary N) is 1. The zero-order valence-corrected chi connectivity index (χ0v) is 18.3. The van der Waals surface area contributed by atoms with Crippen LogP contribution in [0.15, 0.2) is 48.8 Å². The number of hydrogen-bond acceptors (Lipinski definition) is 6. The monoisotopic (exact) mass is 469 g/mol. The SMILES string of the molecule is Cc1ccc(NC(=O)c2cc(C(F)(F)F)cnn2)cc1-c1ccnc(N2CC3CCC(C2)O3)c1. The van der Waals surface area contributed by atoms with E-state index in [2.05, 4.69) is 25.4 Å². The number of alkyl halides is 3. The number of pyridine rings is 1. The Kier molecular flexibility index (Phi) is 5.68. The first-order chi connectivity index (χ1) is 16.3. The second-order valence-electron chi connectivity index (χ2n) is 8.58. The van der Waals surface area contributed by atoms with Crippen LogP contribution >= 0.6 is 0 Å². The number of fused-ring (bicyclic) bond motifs is 2. The van der Waals surface area contributed by atoms with Crippen LogP contribution in [0.5, 0.6) is 0 Å². The minimum absolute atomic E-state index is 0.239. The molecule has 176 valence electrons. The molecule has 7 nitrogen and oxygen atoms in total. The molecule has 1 amide bonds. The number of hydrogen-bond donors (Lipinski definition) is 1. The lowest BCUT2D eigenvalue weighted by Gasteiger charge is -2.33. The third kappa shape index (κ3) is 4.58. The summed E-state index contributed by atoms with van der Waals surface area (Å²) < 4.78 is 44.7. The zero-order valence-electron chi connectivity index (χ0n) is 18.3. The molecule has 0 spiro atoms.